The van der Waals surface area contributed by atoms with Gasteiger partial charge in [-0.05, 0) is 24.4 Å². The lowest BCUT2D eigenvalue weighted by Crippen LogP contribution is -2.47. The van der Waals surface area contributed by atoms with Gasteiger partial charge in [0, 0.05) is 12.6 Å². The molecule has 0 unspecified atom stereocenters. The van der Waals surface area contributed by atoms with Gasteiger partial charge in [0.2, 0.25) is 0 Å². The molecule has 116 valence electrons. The molecule has 1 saturated carbocycles. The number of aromatic nitrogens is 1. The minimum absolute atomic E-state index is 0.00401. The van der Waals surface area contributed by atoms with Crippen LogP contribution in [-0.4, -0.2) is 34.8 Å². The molecule has 2 aliphatic rings. The van der Waals surface area contributed by atoms with Crippen LogP contribution < -0.4 is 10.1 Å². The first kappa shape index (κ1) is 14.2. The van der Waals surface area contributed by atoms with Crippen LogP contribution in [0.4, 0.5) is 4.79 Å². The molecule has 1 aromatic heterocycles. The van der Waals surface area contributed by atoms with Gasteiger partial charge in [0.1, 0.15) is 0 Å². The summed E-state index contributed by atoms with van der Waals surface area (Å²) in [4.78, 5) is 14.1. The number of rotatable bonds is 5. The monoisotopic (exact) mass is 293 g/mol. The van der Waals surface area contributed by atoms with E-state index >= 15 is 0 Å². The molecule has 21 heavy (non-hydrogen) atoms. The molecular formula is C15H23N3O3. The molecule has 1 aliphatic carbocycles. The molecule has 2 amide bonds. The number of amides is 2. The summed E-state index contributed by atoms with van der Waals surface area (Å²) in [5, 5.41) is 6.88. The summed E-state index contributed by atoms with van der Waals surface area (Å²) < 4.78 is 10.7. The summed E-state index contributed by atoms with van der Waals surface area (Å²) in [7, 11) is 0. The summed E-state index contributed by atoms with van der Waals surface area (Å²) in [6.07, 6.45) is 6.71. The van der Waals surface area contributed by atoms with Crippen molar-refractivity contribution in [1.82, 2.24) is 15.4 Å². The van der Waals surface area contributed by atoms with E-state index in [0.29, 0.717) is 24.8 Å². The van der Waals surface area contributed by atoms with Gasteiger partial charge in [-0.2, -0.15) is 0 Å². The molecule has 6 nitrogen and oxygen atoms in total. The molecule has 0 aromatic carbocycles. The average Bonchev–Trinajstić information content (AvgIpc) is 3.07. The minimum Gasteiger partial charge on any atom is -0.476 e. The van der Waals surface area contributed by atoms with Gasteiger partial charge in [0.25, 0.3) is 5.88 Å². The fourth-order valence-corrected chi connectivity index (χ4v) is 3.34. The number of carbonyl (C=O) groups excluding carboxylic acids is 1. The Kier molecular flexibility index (Phi) is 4.03. The fourth-order valence-electron chi connectivity index (χ4n) is 3.34. The van der Waals surface area contributed by atoms with E-state index in [1.54, 1.807) is 6.07 Å². The molecule has 1 saturated heterocycles. The summed E-state index contributed by atoms with van der Waals surface area (Å²) >= 11 is 0. The van der Waals surface area contributed by atoms with Gasteiger partial charge in [-0.25, -0.2) is 4.79 Å². The lowest BCUT2D eigenvalue weighted by Gasteiger charge is -2.39. The average molecular weight is 293 g/mol. The second kappa shape index (κ2) is 5.95. The van der Waals surface area contributed by atoms with Gasteiger partial charge in [-0.1, -0.05) is 26.2 Å². The summed E-state index contributed by atoms with van der Waals surface area (Å²) in [6.45, 7) is 3.88. The largest absolute Gasteiger partial charge is 0.476 e. The first-order chi connectivity index (χ1) is 10.2. The standard InChI is InChI=1S/C15H23N3O3/c1-2-8-20-13-9-12(21-17-13)10-18-14(19)16-11-15(18)6-4-3-5-7-15/h9H,2-8,10-11H2,1H3,(H,16,19). The lowest BCUT2D eigenvalue weighted by molar-refractivity contribution is 0.105. The SMILES string of the molecule is CCCOc1cc(CN2C(=O)NCC23CCCCC3)on1. The van der Waals surface area contributed by atoms with Crippen molar-refractivity contribution in [2.45, 2.75) is 57.5 Å². The molecule has 1 aliphatic heterocycles. The smallest absolute Gasteiger partial charge is 0.318 e. The van der Waals surface area contributed by atoms with Crippen LogP contribution in [0.3, 0.4) is 0 Å². The topological polar surface area (TPSA) is 67.6 Å². The number of urea groups is 1. The third kappa shape index (κ3) is 2.84. The molecule has 1 N–H and O–H groups in total. The Morgan fingerprint density at radius 1 is 1.43 bits per heavy atom. The highest BCUT2D eigenvalue weighted by atomic mass is 16.5. The van der Waals surface area contributed by atoms with Crippen molar-refractivity contribution in [3.63, 3.8) is 0 Å². The maximum Gasteiger partial charge on any atom is 0.318 e. The van der Waals surface area contributed by atoms with Gasteiger partial charge in [0.05, 0.1) is 18.7 Å². The third-order valence-electron chi connectivity index (χ3n) is 4.48. The zero-order chi connectivity index (χ0) is 14.7. The van der Waals surface area contributed by atoms with Gasteiger partial charge in [0.15, 0.2) is 5.76 Å². The second-order valence-electron chi connectivity index (χ2n) is 6.01. The number of carbonyl (C=O) groups is 1. The van der Waals surface area contributed by atoms with Crippen LogP contribution in [0.1, 0.15) is 51.2 Å². The summed E-state index contributed by atoms with van der Waals surface area (Å²) in [5.74, 6) is 1.19. The minimum atomic E-state index is -0.0352. The zero-order valence-electron chi connectivity index (χ0n) is 12.6. The Morgan fingerprint density at radius 3 is 3.00 bits per heavy atom. The predicted octanol–water partition coefficient (Wildman–Crippen LogP) is 2.69. The van der Waals surface area contributed by atoms with E-state index < -0.39 is 0 Å². The van der Waals surface area contributed by atoms with Gasteiger partial charge < -0.3 is 19.5 Å². The third-order valence-corrected chi connectivity index (χ3v) is 4.48. The maximum atomic E-state index is 12.2. The molecule has 0 atom stereocenters. The molecule has 0 radical (unpaired) electrons. The zero-order valence-corrected chi connectivity index (χ0v) is 12.6. The number of hydrogen-bond donors (Lipinski definition) is 1. The Hall–Kier alpha value is -1.72. The van der Waals surface area contributed by atoms with E-state index in [0.717, 1.165) is 25.8 Å². The molecule has 1 spiro atoms. The maximum absolute atomic E-state index is 12.2. The van der Waals surface area contributed by atoms with Crippen molar-refractivity contribution in [3.05, 3.63) is 11.8 Å². The highest BCUT2D eigenvalue weighted by molar-refractivity contribution is 5.77. The number of nitrogens with one attached hydrogen (secondary N) is 1. The molecule has 2 heterocycles. The van der Waals surface area contributed by atoms with Crippen molar-refractivity contribution in [1.29, 1.82) is 0 Å². The Morgan fingerprint density at radius 2 is 2.24 bits per heavy atom. The highest BCUT2D eigenvalue weighted by Crippen LogP contribution is 2.37. The molecule has 0 bridgehead atoms. The van der Waals surface area contributed by atoms with Crippen LogP contribution in [0.5, 0.6) is 5.88 Å². The summed E-state index contributed by atoms with van der Waals surface area (Å²) in [6, 6.07) is 1.79. The van der Waals surface area contributed by atoms with E-state index in [4.69, 9.17) is 9.26 Å². The van der Waals surface area contributed by atoms with E-state index in [9.17, 15) is 4.79 Å². The Balaban J connectivity index is 1.69. The van der Waals surface area contributed by atoms with Crippen LogP contribution >= 0.6 is 0 Å². The van der Waals surface area contributed by atoms with E-state index in [1.165, 1.54) is 19.3 Å². The van der Waals surface area contributed by atoms with Crippen molar-refractivity contribution < 1.29 is 14.1 Å². The van der Waals surface area contributed by atoms with E-state index in [2.05, 4.69) is 10.5 Å². The fraction of sp³-hybridized carbons (Fsp3) is 0.733. The normalized spacial score (nSPS) is 20.8. The first-order valence-electron chi connectivity index (χ1n) is 7.87. The highest BCUT2D eigenvalue weighted by Gasteiger charge is 2.46. The van der Waals surface area contributed by atoms with E-state index in [-0.39, 0.29) is 11.6 Å². The van der Waals surface area contributed by atoms with Crippen molar-refractivity contribution >= 4 is 6.03 Å². The van der Waals surface area contributed by atoms with Crippen LogP contribution in [0.15, 0.2) is 10.6 Å². The molecule has 6 heteroatoms. The van der Waals surface area contributed by atoms with Crippen LogP contribution in [0.2, 0.25) is 0 Å². The number of hydrogen-bond acceptors (Lipinski definition) is 4. The van der Waals surface area contributed by atoms with Gasteiger partial charge in [-0.15, -0.1) is 0 Å². The first-order valence-corrected chi connectivity index (χ1v) is 7.87. The van der Waals surface area contributed by atoms with Crippen molar-refractivity contribution in [2.75, 3.05) is 13.2 Å². The quantitative estimate of drug-likeness (QED) is 0.906. The van der Waals surface area contributed by atoms with Gasteiger partial charge in [-0.3, -0.25) is 0 Å². The second-order valence-corrected chi connectivity index (χ2v) is 6.01. The molecule has 1 aromatic rings. The Labute approximate surface area is 124 Å². The van der Waals surface area contributed by atoms with Crippen molar-refractivity contribution in [2.24, 2.45) is 0 Å². The molecule has 3 rings (SSSR count). The Bertz CT molecular complexity index is 494. The number of nitrogens with zero attached hydrogens (tertiary/aromatic N) is 2. The number of ether oxygens (including phenoxy) is 1. The van der Waals surface area contributed by atoms with Crippen LogP contribution in [0.25, 0.3) is 0 Å². The van der Waals surface area contributed by atoms with Crippen LogP contribution in [-0.2, 0) is 6.54 Å². The molecule has 2 fully saturated rings. The lowest BCUT2D eigenvalue weighted by atomic mass is 9.81. The van der Waals surface area contributed by atoms with Crippen molar-refractivity contribution in [3.8, 4) is 5.88 Å². The van der Waals surface area contributed by atoms with Crippen LogP contribution in [0, 0.1) is 0 Å². The molecular weight excluding hydrogens is 270 g/mol. The predicted molar refractivity (Wildman–Crippen MR) is 77.0 cm³/mol. The van der Waals surface area contributed by atoms with Gasteiger partial charge >= 0.3 is 6.03 Å². The summed E-state index contributed by atoms with van der Waals surface area (Å²) in [5.41, 5.74) is -0.0352. The van der Waals surface area contributed by atoms with E-state index in [1.807, 2.05) is 11.8 Å².